The fraction of sp³-hybridized carbons (Fsp3) is 0.609. The highest BCUT2D eigenvalue weighted by atomic mass is 19.1. The molecule has 0 radical (unpaired) electrons. The number of esters is 1. The van der Waals surface area contributed by atoms with E-state index in [1.807, 2.05) is 0 Å². The lowest BCUT2D eigenvalue weighted by Gasteiger charge is -2.28. The van der Waals surface area contributed by atoms with Crippen molar-refractivity contribution in [2.75, 3.05) is 13.1 Å². The second kappa shape index (κ2) is 9.14. The molecule has 0 aromatic heterocycles. The number of likely N-dealkylation sites (tertiary alicyclic amines) is 1. The van der Waals surface area contributed by atoms with Gasteiger partial charge < -0.3 is 14.4 Å². The van der Waals surface area contributed by atoms with Gasteiger partial charge in [-0.25, -0.2) is 9.18 Å². The van der Waals surface area contributed by atoms with Gasteiger partial charge in [0.05, 0.1) is 5.92 Å². The van der Waals surface area contributed by atoms with Crippen molar-refractivity contribution in [2.24, 2.45) is 11.8 Å². The van der Waals surface area contributed by atoms with E-state index >= 15 is 0 Å². The average Bonchev–Trinajstić information content (AvgIpc) is 3.06. The van der Waals surface area contributed by atoms with Crippen molar-refractivity contribution in [1.29, 1.82) is 0 Å². The van der Waals surface area contributed by atoms with Gasteiger partial charge in [0.2, 0.25) is 0 Å². The number of hydrogen-bond donors (Lipinski definition) is 0. The predicted octanol–water partition coefficient (Wildman–Crippen LogP) is 4.40. The normalized spacial score (nSPS) is 18.1. The molecule has 0 aliphatic carbocycles. The largest absolute Gasteiger partial charge is 0.460 e. The van der Waals surface area contributed by atoms with E-state index in [0.29, 0.717) is 31.4 Å². The molecule has 1 heterocycles. The third kappa shape index (κ3) is 7.11. The zero-order valence-electron chi connectivity index (χ0n) is 18.7. The van der Waals surface area contributed by atoms with Crippen LogP contribution in [0.1, 0.15) is 63.9 Å². The lowest BCUT2D eigenvalue weighted by molar-refractivity contribution is -0.162. The van der Waals surface area contributed by atoms with Gasteiger partial charge in [-0.1, -0.05) is 0 Å². The maximum absolute atomic E-state index is 13.9. The maximum atomic E-state index is 13.9. The molecule has 1 amide bonds. The molecule has 166 valence electrons. The molecule has 1 aliphatic heterocycles. The Bertz CT molecular complexity index is 794. The highest BCUT2D eigenvalue weighted by molar-refractivity contribution is 5.76. The highest BCUT2D eigenvalue weighted by Crippen LogP contribution is 2.31. The number of ether oxygens (including phenoxy) is 2. The summed E-state index contributed by atoms with van der Waals surface area (Å²) >= 11 is 0. The van der Waals surface area contributed by atoms with Crippen LogP contribution < -0.4 is 0 Å². The van der Waals surface area contributed by atoms with E-state index in [1.165, 1.54) is 6.07 Å². The van der Waals surface area contributed by atoms with E-state index in [0.717, 1.165) is 6.07 Å². The molecule has 30 heavy (non-hydrogen) atoms. The standard InChI is InChI=1S/C23H32FNO5/c1-22(2,3)29-20(27)19(12-15-9-16(14-26)11-18(24)10-15)17-7-8-25(13-17)21(28)30-23(4,5)6/h9-11,14,17,19H,7-8,12-13H2,1-6H3/t17-,19-/m0/s1. The molecule has 2 atom stereocenters. The molecule has 0 saturated carbocycles. The summed E-state index contributed by atoms with van der Waals surface area (Å²) in [5.41, 5.74) is -0.514. The molecule has 1 fully saturated rings. The van der Waals surface area contributed by atoms with Crippen LogP contribution >= 0.6 is 0 Å². The van der Waals surface area contributed by atoms with Crippen molar-refractivity contribution in [3.05, 3.63) is 35.1 Å². The number of amides is 1. The SMILES string of the molecule is CC(C)(C)OC(=O)[C@@H](Cc1cc(F)cc(C=O)c1)[C@H]1CCN(C(=O)OC(C)(C)C)C1. The fourth-order valence-corrected chi connectivity index (χ4v) is 3.54. The number of carbonyl (C=O) groups excluding carboxylic acids is 3. The van der Waals surface area contributed by atoms with Crippen LogP contribution in [0.4, 0.5) is 9.18 Å². The first-order chi connectivity index (χ1) is 13.8. The first-order valence-corrected chi connectivity index (χ1v) is 10.2. The van der Waals surface area contributed by atoms with Crippen molar-refractivity contribution in [3.63, 3.8) is 0 Å². The second-order valence-corrected chi connectivity index (χ2v) is 9.83. The molecule has 1 aromatic carbocycles. The Morgan fingerprint density at radius 3 is 2.33 bits per heavy atom. The number of hydrogen-bond acceptors (Lipinski definition) is 5. The highest BCUT2D eigenvalue weighted by Gasteiger charge is 2.39. The second-order valence-electron chi connectivity index (χ2n) is 9.83. The molecule has 2 rings (SSSR count). The van der Waals surface area contributed by atoms with Crippen LogP contribution in [0.25, 0.3) is 0 Å². The molecule has 0 bridgehead atoms. The quantitative estimate of drug-likeness (QED) is 0.521. The van der Waals surface area contributed by atoms with Crippen molar-refractivity contribution in [1.82, 2.24) is 4.90 Å². The first-order valence-electron chi connectivity index (χ1n) is 10.2. The van der Waals surface area contributed by atoms with Crippen LogP contribution in [-0.2, 0) is 20.7 Å². The van der Waals surface area contributed by atoms with E-state index in [4.69, 9.17) is 9.47 Å². The van der Waals surface area contributed by atoms with Gasteiger partial charge >= 0.3 is 12.1 Å². The monoisotopic (exact) mass is 421 g/mol. The fourth-order valence-electron chi connectivity index (χ4n) is 3.54. The van der Waals surface area contributed by atoms with E-state index in [2.05, 4.69) is 0 Å². The lowest BCUT2D eigenvalue weighted by Crippen LogP contribution is -2.38. The van der Waals surface area contributed by atoms with Crippen LogP contribution in [-0.4, -0.2) is 47.5 Å². The predicted molar refractivity (Wildman–Crippen MR) is 111 cm³/mol. The first kappa shape index (κ1) is 23.8. The van der Waals surface area contributed by atoms with Gasteiger partial charge in [0.25, 0.3) is 0 Å². The molecule has 6 nitrogen and oxygen atoms in total. The van der Waals surface area contributed by atoms with Gasteiger partial charge in [0.1, 0.15) is 23.3 Å². The van der Waals surface area contributed by atoms with Crippen molar-refractivity contribution in [3.8, 4) is 0 Å². The summed E-state index contributed by atoms with van der Waals surface area (Å²) in [4.78, 5) is 38.1. The maximum Gasteiger partial charge on any atom is 0.410 e. The Morgan fingerprint density at radius 2 is 1.77 bits per heavy atom. The third-order valence-corrected chi connectivity index (χ3v) is 4.73. The van der Waals surface area contributed by atoms with Gasteiger partial charge in [-0.15, -0.1) is 0 Å². The number of carbonyl (C=O) groups is 3. The third-order valence-electron chi connectivity index (χ3n) is 4.73. The number of nitrogens with zero attached hydrogens (tertiary/aromatic N) is 1. The summed E-state index contributed by atoms with van der Waals surface area (Å²) in [6, 6.07) is 4.05. The average molecular weight is 422 g/mol. The van der Waals surface area contributed by atoms with Crippen LogP contribution in [0.2, 0.25) is 0 Å². The molecular formula is C23H32FNO5. The van der Waals surface area contributed by atoms with Crippen LogP contribution in [0.3, 0.4) is 0 Å². The lowest BCUT2D eigenvalue weighted by atomic mass is 9.85. The topological polar surface area (TPSA) is 72.9 Å². The molecule has 0 spiro atoms. The van der Waals surface area contributed by atoms with Crippen molar-refractivity contribution >= 4 is 18.3 Å². The van der Waals surface area contributed by atoms with Gasteiger partial charge in [-0.3, -0.25) is 9.59 Å². The number of benzene rings is 1. The summed E-state index contributed by atoms with van der Waals surface area (Å²) in [6.07, 6.45) is 0.996. The van der Waals surface area contributed by atoms with Gasteiger partial charge in [0.15, 0.2) is 0 Å². The van der Waals surface area contributed by atoms with Crippen molar-refractivity contribution in [2.45, 2.75) is 65.6 Å². The minimum Gasteiger partial charge on any atom is -0.460 e. The Labute approximate surface area is 177 Å². The number of aldehydes is 1. The molecule has 7 heteroatoms. The van der Waals surface area contributed by atoms with E-state index in [1.54, 1.807) is 52.5 Å². The van der Waals surface area contributed by atoms with Crippen LogP contribution in [0.5, 0.6) is 0 Å². The van der Waals surface area contributed by atoms with E-state index < -0.39 is 35.0 Å². The Balaban J connectivity index is 2.22. The van der Waals surface area contributed by atoms with E-state index in [-0.39, 0.29) is 17.9 Å². The van der Waals surface area contributed by atoms with Crippen LogP contribution in [0, 0.1) is 17.7 Å². The smallest absolute Gasteiger partial charge is 0.410 e. The summed E-state index contributed by atoms with van der Waals surface area (Å²) in [7, 11) is 0. The molecule has 0 unspecified atom stereocenters. The zero-order valence-corrected chi connectivity index (χ0v) is 18.7. The van der Waals surface area contributed by atoms with E-state index in [9.17, 15) is 18.8 Å². The summed E-state index contributed by atoms with van der Waals surface area (Å²) in [5.74, 6) is -1.65. The van der Waals surface area contributed by atoms with Crippen LogP contribution in [0.15, 0.2) is 18.2 Å². The minimum absolute atomic E-state index is 0.157. The summed E-state index contributed by atoms with van der Waals surface area (Å²) < 4.78 is 24.9. The summed E-state index contributed by atoms with van der Waals surface area (Å²) in [6.45, 7) is 11.6. The van der Waals surface area contributed by atoms with Gasteiger partial charge in [-0.2, -0.15) is 0 Å². The number of halogens is 1. The summed E-state index contributed by atoms with van der Waals surface area (Å²) in [5, 5.41) is 0. The van der Waals surface area contributed by atoms with Gasteiger partial charge in [-0.05, 0) is 84.1 Å². The molecule has 1 saturated heterocycles. The minimum atomic E-state index is -0.672. The van der Waals surface area contributed by atoms with Crippen molar-refractivity contribution < 1.29 is 28.2 Å². The number of rotatable bonds is 5. The Hall–Kier alpha value is -2.44. The zero-order chi connectivity index (χ0) is 22.7. The Morgan fingerprint density at radius 1 is 1.13 bits per heavy atom. The van der Waals surface area contributed by atoms with Gasteiger partial charge in [0, 0.05) is 18.7 Å². The molecule has 0 N–H and O–H groups in total. The molecule has 1 aliphatic rings. The Kier molecular flexibility index (Phi) is 7.27. The molecular weight excluding hydrogens is 389 g/mol. The molecule has 1 aromatic rings.